The molecule has 6 rings (SSSR count). The maximum atomic E-state index is 15.4. The molecule has 2 aromatic heterocycles. The third-order valence-corrected chi connectivity index (χ3v) is 8.41. The number of likely N-dealkylation sites (tertiary alicyclic amines) is 1. The molecule has 10 nitrogen and oxygen atoms in total. The molecule has 0 unspecified atom stereocenters. The zero-order valence-electron chi connectivity index (χ0n) is 25.8. The molecule has 0 radical (unpaired) electrons. The van der Waals surface area contributed by atoms with Crippen LogP contribution in [0, 0.1) is 11.2 Å². The van der Waals surface area contributed by atoms with Gasteiger partial charge in [-0.05, 0) is 61.4 Å². The molecule has 1 aliphatic carbocycles. The molecule has 0 atom stereocenters. The number of methoxy groups -OCH3 is 1. The molecular weight excluding hydrogens is 573 g/mol. The van der Waals surface area contributed by atoms with Crippen LogP contribution in [0.5, 0.6) is 17.2 Å². The first kappa shape index (κ1) is 30.1. The fraction of sp³-hybridized carbons (Fsp3) is 0.353. The van der Waals surface area contributed by atoms with Crippen molar-refractivity contribution in [2.75, 3.05) is 36.1 Å². The van der Waals surface area contributed by atoms with Gasteiger partial charge in [-0.1, -0.05) is 20.4 Å². The number of benzene rings is 2. The molecule has 2 fully saturated rings. The molecule has 1 saturated heterocycles. The molecular formula is C34H38FN7O3. The Bertz CT molecular complexity index is 1710. The SMILES string of the molecule is C=CC(=O)N1CCC(Nc2cc3c(Nc4ccc(Oc5ccnc(NC6CC(C)(C)C6)c5)cc4F)ncnc3cc2OC)CC1. The highest BCUT2D eigenvalue weighted by molar-refractivity contribution is 5.95. The number of nitrogens with zero attached hydrogens (tertiary/aromatic N) is 4. The van der Waals surface area contributed by atoms with Gasteiger partial charge in [0.05, 0.1) is 24.0 Å². The minimum Gasteiger partial charge on any atom is -0.495 e. The van der Waals surface area contributed by atoms with E-state index in [1.165, 1.54) is 18.5 Å². The van der Waals surface area contributed by atoms with E-state index >= 15 is 4.39 Å². The molecule has 234 valence electrons. The van der Waals surface area contributed by atoms with Crippen molar-refractivity contribution >= 4 is 39.8 Å². The van der Waals surface area contributed by atoms with Gasteiger partial charge in [-0.3, -0.25) is 4.79 Å². The van der Waals surface area contributed by atoms with E-state index in [4.69, 9.17) is 9.47 Å². The average molecular weight is 612 g/mol. The van der Waals surface area contributed by atoms with Crippen LogP contribution in [0.25, 0.3) is 10.9 Å². The Morgan fingerprint density at radius 2 is 1.78 bits per heavy atom. The van der Waals surface area contributed by atoms with Crippen LogP contribution >= 0.6 is 0 Å². The fourth-order valence-electron chi connectivity index (χ4n) is 6.12. The van der Waals surface area contributed by atoms with Gasteiger partial charge in [0, 0.05) is 55.0 Å². The number of amides is 1. The molecule has 3 heterocycles. The fourth-order valence-corrected chi connectivity index (χ4v) is 6.12. The van der Waals surface area contributed by atoms with Gasteiger partial charge in [-0.25, -0.2) is 19.3 Å². The number of anilines is 4. The Labute approximate surface area is 262 Å². The van der Waals surface area contributed by atoms with Gasteiger partial charge in [0.25, 0.3) is 0 Å². The number of pyridine rings is 1. The summed E-state index contributed by atoms with van der Waals surface area (Å²) in [4.78, 5) is 27.0. The third-order valence-electron chi connectivity index (χ3n) is 8.41. The summed E-state index contributed by atoms with van der Waals surface area (Å²) in [7, 11) is 1.61. The second-order valence-electron chi connectivity index (χ2n) is 12.4. The summed E-state index contributed by atoms with van der Waals surface area (Å²) in [5.41, 5.74) is 2.02. The van der Waals surface area contributed by atoms with Gasteiger partial charge in [-0.15, -0.1) is 0 Å². The normalized spacial score (nSPS) is 16.5. The van der Waals surface area contributed by atoms with Gasteiger partial charge in [0.2, 0.25) is 5.91 Å². The van der Waals surface area contributed by atoms with E-state index in [2.05, 4.69) is 51.3 Å². The van der Waals surface area contributed by atoms with Crippen molar-refractivity contribution in [3.05, 3.63) is 73.5 Å². The van der Waals surface area contributed by atoms with Crippen molar-refractivity contribution in [1.29, 1.82) is 0 Å². The number of rotatable bonds is 10. The number of halogens is 1. The van der Waals surface area contributed by atoms with Crippen LogP contribution in [-0.2, 0) is 4.79 Å². The van der Waals surface area contributed by atoms with E-state index in [1.54, 1.807) is 36.4 Å². The quantitative estimate of drug-likeness (QED) is 0.165. The Kier molecular flexibility index (Phi) is 8.42. The van der Waals surface area contributed by atoms with E-state index in [0.717, 1.165) is 37.2 Å². The van der Waals surface area contributed by atoms with Crippen LogP contribution < -0.4 is 25.4 Å². The number of aromatic nitrogens is 3. The lowest BCUT2D eigenvalue weighted by atomic mass is 9.68. The monoisotopic (exact) mass is 611 g/mol. The summed E-state index contributed by atoms with van der Waals surface area (Å²) in [6.07, 6.45) is 8.21. The second kappa shape index (κ2) is 12.6. The van der Waals surface area contributed by atoms with Gasteiger partial charge >= 0.3 is 0 Å². The molecule has 1 saturated carbocycles. The Balaban J connectivity index is 1.16. The lowest BCUT2D eigenvalue weighted by Gasteiger charge is -2.43. The lowest BCUT2D eigenvalue weighted by molar-refractivity contribution is -0.126. The minimum absolute atomic E-state index is 0.0521. The lowest BCUT2D eigenvalue weighted by Crippen LogP contribution is -2.41. The van der Waals surface area contributed by atoms with E-state index in [0.29, 0.717) is 58.5 Å². The zero-order chi connectivity index (χ0) is 31.6. The summed E-state index contributed by atoms with van der Waals surface area (Å²) in [5.74, 6) is 2.22. The van der Waals surface area contributed by atoms with Crippen molar-refractivity contribution in [2.45, 2.75) is 51.6 Å². The molecule has 11 heteroatoms. The van der Waals surface area contributed by atoms with Crippen molar-refractivity contribution in [3.63, 3.8) is 0 Å². The molecule has 45 heavy (non-hydrogen) atoms. The van der Waals surface area contributed by atoms with Gasteiger partial charge in [0.15, 0.2) is 0 Å². The smallest absolute Gasteiger partial charge is 0.245 e. The molecule has 2 aliphatic rings. The first-order chi connectivity index (χ1) is 21.7. The molecule has 1 amide bonds. The maximum Gasteiger partial charge on any atom is 0.245 e. The van der Waals surface area contributed by atoms with Crippen molar-refractivity contribution in [2.24, 2.45) is 5.41 Å². The van der Waals surface area contributed by atoms with Crippen molar-refractivity contribution in [3.8, 4) is 17.2 Å². The highest BCUT2D eigenvalue weighted by atomic mass is 19.1. The van der Waals surface area contributed by atoms with Gasteiger partial charge < -0.3 is 30.3 Å². The van der Waals surface area contributed by atoms with E-state index in [1.807, 2.05) is 18.2 Å². The molecule has 1 aliphatic heterocycles. The Hall–Kier alpha value is -4.93. The first-order valence-corrected chi connectivity index (χ1v) is 15.2. The van der Waals surface area contributed by atoms with Crippen LogP contribution in [-0.4, -0.2) is 58.0 Å². The summed E-state index contributed by atoms with van der Waals surface area (Å²) >= 11 is 0. The highest BCUT2D eigenvalue weighted by Crippen LogP contribution is 2.41. The van der Waals surface area contributed by atoms with E-state index in [9.17, 15) is 4.79 Å². The van der Waals surface area contributed by atoms with Crippen molar-refractivity contribution < 1.29 is 18.7 Å². The van der Waals surface area contributed by atoms with Crippen LogP contribution in [0.15, 0.2) is 67.6 Å². The Morgan fingerprint density at radius 3 is 2.49 bits per heavy atom. The molecule has 3 N–H and O–H groups in total. The summed E-state index contributed by atoms with van der Waals surface area (Å²) in [5, 5.41) is 10.8. The number of carbonyl (C=O) groups excluding carboxylic acids is 1. The summed E-state index contributed by atoms with van der Waals surface area (Å²) < 4.78 is 27.0. The number of ether oxygens (including phenoxy) is 2. The molecule has 0 bridgehead atoms. The topological polar surface area (TPSA) is 114 Å². The summed E-state index contributed by atoms with van der Waals surface area (Å²) in [6.45, 7) is 9.38. The van der Waals surface area contributed by atoms with Crippen LogP contribution in [0.4, 0.5) is 27.4 Å². The van der Waals surface area contributed by atoms with Crippen LogP contribution in [0.3, 0.4) is 0 Å². The highest BCUT2D eigenvalue weighted by Gasteiger charge is 2.36. The number of hydrogen-bond acceptors (Lipinski definition) is 9. The van der Waals surface area contributed by atoms with Gasteiger partial charge in [-0.2, -0.15) is 0 Å². The number of nitrogens with one attached hydrogen (secondary N) is 3. The number of piperidine rings is 1. The van der Waals surface area contributed by atoms with Gasteiger partial charge in [0.1, 0.15) is 41.0 Å². The number of carbonyl (C=O) groups is 1. The predicted molar refractivity (Wildman–Crippen MR) is 174 cm³/mol. The first-order valence-electron chi connectivity index (χ1n) is 15.2. The minimum atomic E-state index is -0.490. The van der Waals surface area contributed by atoms with Crippen LogP contribution in [0.1, 0.15) is 39.5 Å². The largest absolute Gasteiger partial charge is 0.495 e. The second-order valence-corrected chi connectivity index (χ2v) is 12.4. The maximum absolute atomic E-state index is 15.4. The molecule has 2 aromatic carbocycles. The van der Waals surface area contributed by atoms with E-state index in [-0.39, 0.29) is 17.6 Å². The predicted octanol–water partition coefficient (Wildman–Crippen LogP) is 6.90. The number of hydrogen-bond donors (Lipinski definition) is 3. The van der Waals surface area contributed by atoms with E-state index < -0.39 is 5.82 Å². The van der Waals surface area contributed by atoms with Crippen LogP contribution in [0.2, 0.25) is 0 Å². The Morgan fingerprint density at radius 1 is 1.00 bits per heavy atom. The zero-order valence-corrected chi connectivity index (χ0v) is 25.8. The van der Waals surface area contributed by atoms with Crippen molar-refractivity contribution in [1.82, 2.24) is 19.9 Å². The number of fused-ring (bicyclic) bond motifs is 1. The average Bonchev–Trinajstić information content (AvgIpc) is 3.01. The molecule has 4 aromatic rings. The standard InChI is InChI=1S/C34H38FN7O3/c1-5-32(43)42-12-9-21(10-13-42)39-29-16-25-28(17-30(29)44-4)37-20-38-33(25)41-27-7-6-23(14-26(27)35)45-24-8-11-36-31(15-24)40-22-18-34(2,3)19-22/h5-8,11,14-17,20-22,39H,1,9-10,12-13,18-19H2,2-4H3,(H,36,40)(H,37,38,41). The third kappa shape index (κ3) is 6.92. The molecule has 0 spiro atoms. The summed E-state index contributed by atoms with van der Waals surface area (Å²) in [6, 6.07) is 12.5.